The number of carbonyl (C=O) groups is 2. The van der Waals surface area contributed by atoms with Crippen LogP contribution in [0.15, 0.2) is 72.8 Å². The first-order valence-electron chi connectivity index (χ1n) is 12.1. The molecule has 0 aromatic heterocycles. The molecule has 1 unspecified atom stereocenters. The normalized spacial score (nSPS) is 13.4. The van der Waals surface area contributed by atoms with Gasteiger partial charge in [-0.3, -0.25) is 4.90 Å². The monoisotopic (exact) mass is 487 g/mol. The van der Waals surface area contributed by atoms with Gasteiger partial charge in [-0.05, 0) is 60.7 Å². The van der Waals surface area contributed by atoms with E-state index in [0.29, 0.717) is 6.42 Å². The quantitative estimate of drug-likeness (QED) is 0.393. The molecule has 3 aromatic carbocycles. The van der Waals surface area contributed by atoms with Crippen LogP contribution in [-0.4, -0.2) is 49.4 Å². The van der Waals surface area contributed by atoms with E-state index in [4.69, 9.17) is 14.2 Å². The Morgan fingerprint density at radius 2 is 1.44 bits per heavy atom. The highest BCUT2D eigenvalue weighted by atomic mass is 16.6. The van der Waals surface area contributed by atoms with E-state index in [0.717, 1.165) is 33.6 Å². The van der Waals surface area contributed by atoms with Gasteiger partial charge in [0.15, 0.2) is 0 Å². The molecule has 4 rings (SSSR count). The third-order valence-electron chi connectivity index (χ3n) is 6.36. The molecule has 1 aliphatic carbocycles. The molecule has 0 saturated heterocycles. The van der Waals surface area contributed by atoms with Gasteiger partial charge in [-0.25, -0.2) is 9.59 Å². The second kappa shape index (κ2) is 10.4. The topological polar surface area (TPSA) is 65.1 Å². The van der Waals surface area contributed by atoms with Crippen molar-refractivity contribution in [2.24, 2.45) is 0 Å². The van der Waals surface area contributed by atoms with Crippen LogP contribution in [0, 0.1) is 0 Å². The van der Waals surface area contributed by atoms with Crippen molar-refractivity contribution in [3.63, 3.8) is 0 Å². The molecular weight excluding hydrogens is 454 g/mol. The summed E-state index contributed by atoms with van der Waals surface area (Å²) in [6.07, 6.45) is -0.277. The van der Waals surface area contributed by atoms with Gasteiger partial charge in [0, 0.05) is 19.4 Å². The van der Waals surface area contributed by atoms with Gasteiger partial charge in [0.1, 0.15) is 24.0 Å². The highest BCUT2D eigenvalue weighted by Crippen LogP contribution is 2.44. The summed E-state index contributed by atoms with van der Waals surface area (Å²) in [4.78, 5) is 27.7. The molecule has 0 fully saturated rings. The fourth-order valence-corrected chi connectivity index (χ4v) is 4.56. The Labute approximate surface area is 212 Å². The van der Waals surface area contributed by atoms with Gasteiger partial charge < -0.3 is 14.2 Å². The van der Waals surface area contributed by atoms with E-state index in [1.807, 2.05) is 69.3 Å². The summed E-state index contributed by atoms with van der Waals surface area (Å²) in [5.41, 5.74) is 4.79. The van der Waals surface area contributed by atoms with Crippen LogP contribution in [0.3, 0.4) is 0 Å². The van der Waals surface area contributed by atoms with E-state index < -0.39 is 23.7 Å². The summed E-state index contributed by atoms with van der Waals surface area (Å²) in [6, 6.07) is 22.9. The summed E-state index contributed by atoms with van der Waals surface area (Å²) in [6.45, 7) is 5.61. The third-order valence-corrected chi connectivity index (χ3v) is 6.36. The summed E-state index contributed by atoms with van der Waals surface area (Å²) in [7, 11) is 3.18. The molecule has 1 aliphatic rings. The van der Waals surface area contributed by atoms with Crippen LogP contribution in [0.4, 0.5) is 4.79 Å². The lowest BCUT2D eigenvalue weighted by Gasteiger charge is -2.30. The molecule has 0 radical (unpaired) electrons. The smallest absolute Gasteiger partial charge is 0.410 e. The molecule has 1 amide bonds. The van der Waals surface area contributed by atoms with Crippen LogP contribution in [0.1, 0.15) is 43.4 Å². The van der Waals surface area contributed by atoms with Crippen molar-refractivity contribution < 1.29 is 23.8 Å². The number of hydrogen-bond acceptors (Lipinski definition) is 5. The van der Waals surface area contributed by atoms with Crippen molar-refractivity contribution in [1.29, 1.82) is 0 Å². The highest BCUT2D eigenvalue weighted by Gasteiger charge is 2.34. The van der Waals surface area contributed by atoms with Crippen molar-refractivity contribution in [2.45, 2.75) is 44.8 Å². The van der Waals surface area contributed by atoms with E-state index in [9.17, 15) is 9.59 Å². The first-order valence-corrected chi connectivity index (χ1v) is 12.1. The SMILES string of the molecule is COc1ccc(CC(C(=O)OC(C)(C)C)N(C)C(=O)OCC2c3ccccc3-c3ccccc32)cc1. The van der Waals surface area contributed by atoms with Crippen LogP contribution in [0.5, 0.6) is 5.75 Å². The molecule has 0 spiro atoms. The predicted molar refractivity (Wildman–Crippen MR) is 139 cm³/mol. The molecule has 3 aromatic rings. The maximum atomic E-state index is 13.2. The molecule has 6 heteroatoms. The number of hydrogen-bond donors (Lipinski definition) is 0. The number of ether oxygens (including phenoxy) is 3. The van der Waals surface area contributed by atoms with Crippen LogP contribution >= 0.6 is 0 Å². The van der Waals surface area contributed by atoms with Gasteiger partial charge >= 0.3 is 12.1 Å². The Bertz CT molecular complexity index is 1180. The van der Waals surface area contributed by atoms with Gasteiger partial charge in [0.25, 0.3) is 0 Å². The van der Waals surface area contributed by atoms with E-state index in [1.165, 1.54) is 4.90 Å². The van der Waals surface area contributed by atoms with Gasteiger partial charge in [-0.2, -0.15) is 0 Å². The van der Waals surface area contributed by atoms with Gasteiger partial charge in [-0.1, -0.05) is 60.7 Å². The van der Waals surface area contributed by atoms with Gasteiger partial charge in [-0.15, -0.1) is 0 Å². The van der Waals surface area contributed by atoms with Crippen LogP contribution < -0.4 is 4.74 Å². The number of benzene rings is 3. The van der Waals surface area contributed by atoms with Gasteiger partial charge in [0.05, 0.1) is 7.11 Å². The maximum absolute atomic E-state index is 13.2. The lowest BCUT2D eigenvalue weighted by molar-refractivity contribution is -0.160. The van der Waals surface area contributed by atoms with Crippen molar-refractivity contribution >= 4 is 12.1 Å². The Hall–Kier alpha value is -3.80. The summed E-state index contributed by atoms with van der Waals surface area (Å²) < 4.78 is 16.7. The minimum absolute atomic E-state index is 0.0590. The number of likely N-dealkylation sites (N-methyl/N-ethyl adjacent to an activating group) is 1. The molecular formula is C30H33NO5. The second-order valence-corrected chi connectivity index (χ2v) is 10.0. The number of rotatable bonds is 7. The summed E-state index contributed by atoms with van der Waals surface area (Å²) in [5.74, 6) is 0.183. The van der Waals surface area contributed by atoms with Crippen LogP contribution in [0.2, 0.25) is 0 Å². The predicted octanol–water partition coefficient (Wildman–Crippen LogP) is 5.83. The van der Waals surface area contributed by atoms with Crippen molar-refractivity contribution in [1.82, 2.24) is 4.90 Å². The summed E-state index contributed by atoms with van der Waals surface area (Å²) in [5, 5.41) is 0. The number of amides is 1. The zero-order chi connectivity index (χ0) is 25.9. The Morgan fingerprint density at radius 3 is 1.97 bits per heavy atom. The number of esters is 1. The zero-order valence-corrected chi connectivity index (χ0v) is 21.5. The number of fused-ring (bicyclic) bond motifs is 3. The maximum Gasteiger partial charge on any atom is 0.410 e. The minimum atomic E-state index is -0.840. The zero-order valence-electron chi connectivity index (χ0n) is 21.5. The molecule has 0 aliphatic heterocycles. The average molecular weight is 488 g/mol. The fourth-order valence-electron chi connectivity index (χ4n) is 4.56. The van der Waals surface area contributed by atoms with E-state index in [2.05, 4.69) is 24.3 Å². The Morgan fingerprint density at radius 1 is 0.889 bits per heavy atom. The molecule has 0 N–H and O–H groups in total. The van der Waals surface area contributed by atoms with E-state index in [-0.39, 0.29) is 12.5 Å². The third kappa shape index (κ3) is 5.54. The van der Waals surface area contributed by atoms with E-state index >= 15 is 0 Å². The number of carbonyl (C=O) groups excluding carboxylic acids is 2. The summed E-state index contributed by atoms with van der Waals surface area (Å²) >= 11 is 0. The lowest BCUT2D eigenvalue weighted by atomic mass is 9.98. The van der Waals surface area contributed by atoms with Crippen LogP contribution in [-0.2, 0) is 20.7 Å². The Balaban J connectivity index is 1.51. The minimum Gasteiger partial charge on any atom is -0.497 e. The lowest BCUT2D eigenvalue weighted by Crippen LogP contribution is -2.47. The van der Waals surface area contributed by atoms with Gasteiger partial charge in [0.2, 0.25) is 0 Å². The second-order valence-electron chi connectivity index (χ2n) is 10.0. The van der Waals surface area contributed by atoms with E-state index in [1.54, 1.807) is 14.2 Å². The Kier molecular flexibility index (Phi) is 7.34. The number of nitrogens with zero attached hydrogens (tertiary/aromatic N) is 1. The van der Waals surface area contributed by atoms with Crippen molar-refractivity contribution in [3.8, 4) is 16.9 Å². The molecule has 1 atom stereocenters. The standard InChI is InChI=1S/C30H33NO5/c1-30(2,3)36-28(32)27(18-20-14-16-21(34-5)17-15-20)31(4)29(33)35-19-26-24-12-8-6-10-22(24)23-11-7-9-13-25(23)26/h6-17,26-27H,18-19H2,1-5H3. The molecule has 0 saturated carbocycles. The molecule has 0 heterocycles. The average Bonchev–Trinajstić information content (AvgIpc) is 3.18. The molecule has 0 bridgehead atoms. The first-order chi connectivity index (χ1) is 17.2. The molecule has 36 heavy (non-hydrogen) atoms. The molecule has 6 nitrogen and oxygen atoms in total. The highest BCUT2D eigenvalue weighted by molar-refractivity contribution is 5.82. The largest absolute Gasteiger partial charge is 0.497 e. The first kappa shape index (κ1) is 25.3. The van der Waals surface area contributed by atoms with Crippen molar-refractivity contribution in [2.75, 3.05) is 20.8 Å². The fraction of sp³-hybridized carbons (Fsp3) is 0.333. The molecule has 188 valence electrons. The van der Waals surface area contributed by atoms with Crippen molar-refractivity contribution in [3.05, 3.63) is 89.5 Å². The van der Waals surface area contributed by atoms with Crippen LogP contribution in [0.25, 0.3) is 11.1 Å². The number of methoxy groups -OCH3 is 1.